The summed E-state index contributed by atoms with van der Waals surface area (Å²) in [6.07, 6.45) is 3.38. The standard InChI is InChI=1S/C30H41N5O6Si/c1-19-25(29(36)33-21-10-11-34(15-21)30(37)38)27-28(35(19)18-40-12-13-42(3,4)5)26(31-17-32-27)23-9-8-22(39-2)14-24(23)41-16-20-6-7-20/h8-9,14,17,20-21H,6-7,10-13,15-16,18H2,1-5H3,(H,33,36)(H,37,38)/t21-/m1/s1. The summed E-state index contributed by atoms with van der Waals surface area (Å²) < 4.78 is 19.9. The molecule has 2 fully saturated rings. The van der Waals surface area contributed by atoms with Gasteiger partial charge in [-0.2, -0.15) is 0 Å². The van der Waals surface area contributed by atoms with E-state index in [4.69, 9.17) is 19.2 Å². The van der Waals surface area contributed by atoms with Crippen LogP contribution in [0.1, 0.15) is 35.3 Å². The highest BCUT2D eigenvalue weighted by Crippen LogP contribution is 2.39. The lowest BCUT2D eigenvalue weighted by molar-refractivity contribution is 0.0880. The van der Waals surface area contributed by atoms with Crippen molar-refractivity contribution in [2.75, 3.05) is 33.4 Å². The van der Waals surface area contributed by atoms with Crippen molar-refractivity contribution in [1.29, 1.82) is 0 Å². The molecule has 11 nitrogen and oxygen atoms in total. The summed E-state index contributed by atoms with van der Waals surface area (Å²) in [6, 6.07) is 6.42. The highest BCUT2D eigenvalue weighted by atomic mass is 28.3. The Kier molecular flexibility index (Phi) is 8.74. The zero-order valence-electron chi connectivity index (χ0n) is 25.1. The number of fused-ring (bicyclic) bond motifs is 1. The highest BCUT2D eigenvalue weighted by Gasteiger charge is 2.31. The fourth-order valence-corrected chi connectivity index (χ4v) is 5.96. The monoisotopic (exact) mass is 595 g/mol. The van der Waals surface area contributed by atoms with Crippen LogP contribution >= 0.6 is 0 Å². The van der Waals surface area contributed by atoms with Gasteiger partial charge in [-0.3, -0.25) is 4.79 Å². The average molecular weight is 596 g/mol. The van der Waals surface area contributed by atoms with E-state index >= 15 is 0 Å². The van der Waals surface area contributed by atoms with Gasteiger partial charge in [-0.15, -0.1) is 0 Å². The molecule has 1 atom stereocenters. The Hall–Kier alpha value is -3.64. The van der Waals surface area contributed by atoms with E-state index < -0.39 is 14.2 Å². The van der Waals surface area contributed by atoms with E-state index in [-0.39, 0.29) is 25.2 Å². The number of ether oxygens (including phenoxy) is 3. The quantitative estimate of drug-likeness (QED) is 0.221. The predicted molar refractivity (Wildman–Crippen MR) is 162 cm³/mol. The van der Waals surface area contributed by atoms with E-state index in [0.29, 0.717) is 71.6 Å². The van der Waals surface area contributed by atoms with E-state index in [0.717, 1.165) is 24.4 Å². The zero-order valence-corrected chi connectivity index (χ0v) is 26.1. The van der Waals surface area contributed by atoms with E-state index in [9.17, 15) is 14.7 Å². The first-order valence-corrected chi connectivity index (χ1v) is 18.3. The first-order valence-electron chi connectivity index (χ1n) is 14.6. The molecule has 1 aliphatic carbocycles. The summed E-state index contributed by atoms with van der Waals surface area (Å²) in [7, 11) is 0.324. The van der Waals surface area contributed by atoms with Gasteiger partial charge in [0, 0.05) is 51.1 Å². The van der Waals surface area contributed by atoms with E-state index in [2.05, 4.69) is 29.9 Å². The Morgan fingerprint density at radius 3 is 2.62 bits per heavy atom. The minimum Gasteiger partial charge on any atom is -0.497 e. The van der Waals surface area contributed by atoms with Gasteiger partial charge in [0.2, 0.25) is 0 Å². The molecule has 3 aromatic rings. The largest absolute Gasteiger partial charge is 0.497 e. The van der Waals surface area contributed by atoms with Crippen LogP contribution in [-0.4, -0.2) is 84.1 Å². The first-order chi connectivity index (χ1) is 20.1. The van der Waals surface area contributed by atoms with Crippen LogP contribution in [0.4, 0.5) is 4.79 Å². The number of aromatic nitrogens is 3. The summed E-state index contributed by atoms with van der Waals surface area (Å²) in [4.78, 5) is 35.8. The number of carboxylic acid groups (broad SMARTS) is 1. The second-order valence-electron chi connectivity index (χ2n) is 12.5. The lowest BCUT2D eigenvalue weighted by atomic mass is 10.1. The lowest BCUT2D eigenvalue weighted by Gasteiger charge is -2.17. The molecule has 226 valence electrons. The van der Waals surface area contributed by atoms with Gasteiger partial charge < -0.3 is 34.1 Å². The molecule has 2 amide bonds. The number of carbonyl (C=O) groups is 2. The predicted octanol–water partition coefficient (Wildman–Crippen LogP) is 5.00. The van der Waals surface area contributed by atoms with Crippen LogP contribution in [-0.2, 0) is 11.5 Å². The molecular weight excluding hydrogens is 554 g/mol. The fourth-order valence-electron chi connectivity index (χ4n) is 5.20. The van der Waals surface area contributed by atoms with Crippen molar-refractivity contribution in [1.82, 2.24) is 24.8 Å². The molecule has 2 aromatic heterocycles. The number of carbonyl (C=O) groups excluding carboxylic acids is 1. The minimum atomic E-state index is -1.30. The summed E-state index contributed by atoms with van der Waals surface area (Å²) >= 11 is 0. The van der Waals surface area contributed by atoms with Crippen molar-refractivity contribution >= 4 is 31.1 Å². The van der Waals surface area contributed by atoms with Gasteiger partial charge in [0.25, 0.3) is 5.91 Å². The van der Waals surface area contributed by atoms with Crippen LogP contribution in [0.5, 0.6) is 11.5 Å². The third-order valence-corrected chi connectivity index (χ3v) is 9.65. The molecule has 5 rings (SSSR count). The Morgan fingerprint density at radius 1 is 1.17 bits per heavy atom. The van der Waals surface area contributed by atoms with Gasteiger partial charge in [-0.25, -0.2) is 14.8 Å². The molecule has 1 aliphatic heterocycles. The molecule has 0 unspecified atom stereocenters. The number of methoxy groups -OCH3 is 1. The normalized spacial score (nSPS) is 17.1. The Morgan fingerprint density at radius 2 is 1.95 bits per heavy atom. The Labute approximate surface area is 247 Å². The van der Waals surface area contributed by atoms with Crippen LogP contribution in [0.25, 0.3) is 22.3 Å². The number of nitrogens with one attached hydrogen (secondary N) is 1. The molecule has 0 spiro atoms. The maximum Gasteiger partial charge on any atom is 0.407 e. The Bertz CT molecular complexity index is 1460. The molecule has 2 aliphatic rings. The molecule has 0 radical (unpaired) electrons. The summed E-state index contributed by atoms with van der Waals surface area (Å²) in [6.45, 7) is 10.9. The lowest BCUT2D eigenvalue weighted by Crippen LogP contribution is -2.38. The van der Waals surface area contributed by atoms with Gasteiger partial charge in [0.1, 0.15) is 35.8 Å². The number of amides is 2. The third kappa shape index (κ3) is 6.70. The number of rotatable bonds is 12. The maximum atomic E-state index is 13.7. The fraction of sp³-hybridized carbons (Fsp3) is 0.533. The molecule has 42 heavy (non-hydrogen) atoms. The molecule has 2 N–H and O–H groups in total. The first kappa shape index (κ1) is 29.8. The SMILES string of the molecule is COc1ccc(-c2ncnc3c(C(=O)N[C@@H]4CCN(C(=O)O)C4)c(C)n(COCC[Si](C)(C)C)c23)c(OCC2CC2)c1. The summed E-state index contributed by atoms with van der Waals surface area (Å²) in [5, 5.41) is 12.4. The molecule has 1 saturated heterocycles. The van der Waals surface area contributed by atoms with E-state index in [1.807, 2.05) is 29.7 Å². The second kappa shape index (κ2) is 12.3. The number of benzene rings is 1. The van der Waals surface area contributed by atoms with Gasteiger partial charge >= 0.3 is 6.09 Å². The van der Waals surface area contributed by atoms with Crippen LogP contribution in [0.2, 0.25) is 25.7 Å². The van der Waals surface area contributed by atoms with E-state index in [1.54, 1.807) is 7.11 Å². The third-order valence-electron chi connectivity index (χ3n) is 7.95. The van der Waals surface area contributed by atoms with Crippen LogP contribution < -0.4 is 14.8 Å². The number of nitrogens with zero attached hydrogens (tertiary/aromatic N) is 4. The number of likely N-dealkylation sites (tertiary alicyclic amines) is 1. The number of hydrogen-bond donors (Lipinski definition) is 2. The molecule has 3 heterocycles. The smallest absolute Gasteiger partial charge is 0.407 e. The molecule has 1 saturated carbocycles. The second-order valence-corrected chi connectivity index (χ2v) is 18.1. The molecule has 0 bridgehead atoms. The van der Waals surface area contributed by atoms with Gasteiger partial charge in [-0.1, -0.05) is 19.6 Å². The molecule has 12 heteroatoms. The Balaban J connectivity index is 1.55. The maximum absolute atomic E-state index is 13.7. The van der Waals surface area contributed by atoms with E-state index in [1.165, 1.54) is 11.2 Å². The van der Waals surface area contributed by atoms with Crippen molar-refractivity contribution in [3.63, 3.8) is 0 Å². The minimum absolute atomic E-state index is 0.241. The van der Waals surface area contributed by atoms with Crippen LogP contribution in [0.3, 0.4) is 0 Å². The van der Waals surface area contributed by atoms with Crippen molar-refractivity contribution in [2.45, 2.75) is 64.6 Å². The van der Waals surface area contributed by atoms with Crippen LogP contribution in [0.15, 0.2) is 24.5 Å². The molecule has 1 aromatic carbocycles. The summed E-state index contributed by atoms with van der Waals surface area (Å²) in [5.74, 6) is 1.61. The van der Waals surface area contributed by atoms with Crippen molar-refractivity contribution in [3.05, 3.63) is 35.8 Å². The molecular formula is C30H41N5O6Si. The zero-order chi connectivity index (χ0) is 30.0. The van der Waals surface area contributed by atoms with Gasteiger partial charge in [0.15, 0.2) is 0 Å². The average Bonchev–Trinajstić information content (AvgIpc) is 3.58. The highest BCUT2D eigenvalue weighted by molar-refractivity contribution is 6.76. The van der Waals surface area contributed by atoms with Crippen LogP contribution in [0, 0.1) is 12.8 Å². The van der Waals surface area contributed by atoms with Crippen molar-refractivity contribution in [2.24, 2.45) is 5.92 Å². The number of hydrogen-bond acceptors (Lipinski definition) is 7. The summed E-state index contributed by atoms with van der Waals surface area (Å²) in [5.41, 5.74) is 3.77. The van der Waals surface area contributed by atoms with Crippen molar-refractivity contribution in [3.8, 4) is 22.8 Å². The van der Waals surface area contributed by atoms with Gasteiger partial charge in [0.05, 0.1) is 24.8 Å². The topological polar surface area (TPSA) is 128 Å². The van der Waals surface area contributed by atoms with Gasteiger partial charge in [-0.05, 0) is 50.3 Å². The van der Waals surface area contributed by atoms with Crippen molar-refractivity contribution < 1.29 is 28.9 Å².